The summed E-state index contributed by atoms with van der Waals surface area (Å²) in [5, 5.41) is 11.8. The van der Waals surface area contributed by atoms with E-state index in [0.717, 1.165) is 42.6 Å². The van der Waals surface area contributed by atoms with Gasteiger partial charge in [0.1, 0.15) is 10.0 Å². The first-order chi connectivity index (χ1) is 42.1. The molecule has 2 aliphatic rings. The number of carbonyl (C=O) groups excluding carboxylic acids is 2. The second kappa shape index (κ2) is 31.6. The third-order valence-corrected chi connectivity index (χ3v) is 16.9. The van der Waals surface area contributed by atoms with Crippen molar-refractivity contribution in [1.82, 2.24) is 39.5 Å². The molecule has 468 valence electrons. The molecule has 0 radical (unpaired) electrons. The second-order valence-electron chi connectivity index (χ2n) is 21.9. The molecular formula is C67H75Cl2F5N8O4S2. The van der Waals surface area contributed by atoms with Gasteiger partial charge >= 0.3 is 6.18 Å². The molecule has 21 heteroatoms. The van der Waals surface area contributed by atoms with Gasteiger partial charge in [-0.2, -0.15) is 13.2 Å². The van der Waals surface area contributed by atoms with Gasteiger partial charge in [-0.15, -0.1) is 22.7 Å². The summed E-state index contributed by atoms with van der Waals surface area (Å²) in [6, 6.07) is 24.7. The number of hydrogen-bond donors (Lipinski definition) is 2. The molecule has 12 nitrogen and oxygen atoms in total. The van der Waals surface area contributed by atoms with E-state index in [1.165, 1.54) is 60.0 Å². The average Bonchev–Trinajstić information content (AvgIpc) is 1.61. The summed E-state index contributed by atoms with van der Waals surface area (Å²) in [4.78, 5) is 68.1. The van der Waals surface area contributed by atoms with Crippen molar-refractivity contribution >= 4 is 58.1 Å². The third kappa shape index (κ3) is 17.0. The molecule has 4 aromatic carbocycles. The van der Waals surface area contributed by atoms with Crippen molar-refractivity contribution in [3.63, 3.8) is 0 Å². The summed E-state index contributed by atoms with van der Waals surface area (Å²) >= 11 is 15.2. The Labute approximate surface area is 529 Å². The maximum absolute atomic E-state index is 14.4. The van der Waals surface area contributed by atoms with Crippen LogP contribution in [0.2, 0.25) is 10.0 Å². The van der Waals surface area contributed by atoms with Gasteiger partial charge in [-0.3, -0.25) is 28.3 Å². The molecule has 4 aromatic heterocycles. The molecule has 0 unspecified atom stereocenters. The van der Waals surface area contributed by atoms with Gasteiger partial charge in [0.15, 0.2) is 6.29 Å². The number of nitrogens with zero attached hydrogens (tertiary/aromatic N) is 6. The molecule has 8 aromatic rings. The van der Waals surface area contributed by atoms with E-state index in [2.05, 4.69) is 41.4 Å². The number of hydrogen-bond acceptors (Lipinski definition) is 11. The molecule has 2 fully saturated rings. The van der Waals surface area contributed by atoms with Crippen LogP contribution in [0.1, 0.15) is 116 Å². The first kappa shape index (κ1) is 68.8. The number of aryl methyl sites for hydroxylation is 2. The first-order valence-electron chi connectivity index (χ1n) is 29.6. The number of aromatic nitrogens is 4. The van der Waals surface area contributed by atoms with Crippen LogP contribution in [0.25, 0.3) is 55.0 Å². The number of piperazine rings is 2. The molecule has 2 N–H and O–H groups in total. The molecular weight excluding hydrogens is 1210 g/mol. The topological polar surface area (TPSA) is 134 Å². The minimum atomic E-state index is -4.43. The van der Waals surface area contributed by atoms with E-state index in [-0.39, 0.29) is 40.0 Å². The Morgan fingerprint density at radius 1 is 0.648 bits per heavy atom. The van der Waals surface area contributed by atoms with E-state index in [4.69, 9.17) is 28.2 Å². The maximum atomic E-state index is 14.4. The molecule has 2 aliphatic heterocycles. The number of carbonyl (C=O) groups is 2. The van der Waals surface area contributed by atoms with E-state index < -0.39 is 18.2 Å². The zero-order valence-electron chi connectivity index (χ0n) is 51.0. The fourth-order valence-electron chi connectivity index (χ4n) is 10.2. The van der Waals surface area contributed by atoms with Gasteiger partial charge in [-0.25, -0.2) is 18.7 Å². The summed E-state index contributed by atoms with van der Waals surface area (Å²) < 4.78 is 68.2. The third-order valence-electron chi connectivity index (χ3n) is 14.7. The maximum Gasteiger partial charge on any atom is 0.416 e. The highest BCUT2D eigenvalue weighted by Crippen LogP contribution is 2.36. The summed E-state index contributed by atoms with van der Waals surface area (Å²) in [6.07, 6.45) is -3.93. The number of pyridine rings is 2. The van der Waals surface area contributed by atoms with Gasteiger partial charge in [-0.1, -0.05) is 127 Å². The van der Waals surface area contributed by atoms with Crippen LogP contribution in [-0.4, -0.2) is 101 Å². The lowest BCUT2D eigenvalue weighted by molar-refractivity contribution is -0.137. The summed E-state index contributed by atoms with van der Waals surface area (Å²) in [5.41, 5.74) is 6.45. The molecule has 0 spiro atoms. The van der Waals surface area contributed by atoms with E-state index in [1.807, 2.05) is 58.6 Å². The molecule has 0 bridgehead atoms. The van der Waals surface area contributed by atoms with Gasteiger partial charge in [0.05, 0.1) is 45.0 Å². The minimum Gasteiger partial charge on any atom is -0.336 e. The Morgan fingerprint density at radius 2 is 1.09 bits per heavy atom. The SMILES string of the molecule is CC.CCc1ccc(Cl)cc1-n1c(CC(C)C)c(C(=O)N2CCNCC2)cc(-c2nc(-c3ccc(C(F)F)cc3)cs2)c1=O.CCc1ccc(Cl)cc1-n1c(CC(C)C)c(C=O)cc(-c2nc(-c3ccc(C(F)(F)F)cc3)cs2)c1=O.CN1CCNCC1. The highest BCUT2D eigenvalue weighted by atomic mass is 35.5. The van der Waals surface area contributed by atoms with Gasteiger partial charge in [0, 0.05) is 107 Å². The van der Waals surface area contributed by atoms with Crippen molar-refractivity contribution in [2.24, 2.45) is 11.8 Å². The Morgan fingerprint density at radius 3 is 1.51 bits per heavy atom. The standard InChI is InChI=1S/C32H33ClF2N4O2S.C28H24ClF3N2O2S.C5H12N2.C2H6/c1-4-20-9-10-23(33)16-27(20)39-28(15-19(2)3)24(31(40)38-13-11-36-12-14-38)17-25(32(39)41)30-37-26(18-42-30)21-5-7-22(8-6-21)29(34)35;1-4-17-7-10-21(29)13-25(17)34-24(11-16(2)3)19(14-35)12-22(27(34)36)26-33-23(15-37-26)18-5-8-20(9-6-18)28(30,31)32;1-7-4-2-6-3-5-7;1-2/h5-10,16-19,29,36H,4,11-15H2,1-3H3;5-10,12-16H,4,11H2,1-3H3;6H,2-5H2,1H3;1-2H3. The summed E-state index contributed by atoms with van der Waals surface area (Å²) in [5.74, 6) is 0.218. The average molecular weight is 1290 g/mol. The summed E-state index contributed by atoms with van der Waals surface area (Å²) in [7, 11) is 2.15. The van der Waals surface area contributed by atoms with Gasteiger partial charge in [0.2, 0.25) is 0 Å². The Balaban J connectivity index is 0.000000221. The number of nitrogens with one attached hydrogen (secondary N) is 2. The Bertz CT molecular complexity index is 3780. The highest BCUT2D eigenvalue weighted by molar-refractivity contribution is 7.13. The largest absolute Gasteiger partial charge is 0.416 e. The fraction of sp³-hybridized carbons (Fsp3) is 0.373. The molecule has 2 saturated heterocycles. The predicted molar refractivity (Wildman–Crippen MR) is 349 cm³/mol. The lowest BCUT2D eigenvalue weighted by Crippen LogP contribution is -2.47. The number of rotatable bonds is 15. The monoisotopic (exact) mass is 1280 g/mol. The Hall–Kier alpha value is -6.71. The highest BCUT2D eigenvalue weighted by Gasteiger charge is 2.31. The quantitative estimate of drug-likeness (QED) is 0.0760. The smallest absolute Gasteiger partial charge is 0.336 e. The zero-order chi connectivity index (χ0) is 64.0. The lowest BCUT2D eigenvalue weighted by atomic mass is 9.98. The minimum absolute atomic E-state index is 0.0675. The Kier molecular flexibility index (Phi) is 24.7. The van der Waals surface area contributed by atoms with Crippen LogP contribution >= 0.6 is 45.9 Å². The van der Waals surface area contributed by atoms with Crippen LogP contribution in [0, 0.1) is 11.8 Å². The van der Waals surface area contributed by atoms with Crippen LogP contribution in [0.15, 0.2) is 117 Å². The van der Waals surface area contributed by atoms with Crippen LogP contribution < -0.4 is 21.8 Å². The van der Waals surface area contributed by atoms with Crippen molar-refractivity contribution in [3.05, 3.63) is 183 Å². The van der Waals surface area contributed by atoms with Crippen molar-refractivity contribution in [3.8, 4) is 55.0 Å². The van der Waals surface area contributed by atoms with Crippen LogP contribution in [0.3, 0.4) is 0 Å². The van der Waals surface area contributed by atoms with Gasteiger partial charge in [-0.05, 0) is 104 Å². The van der Waals surface area contributed by atoms with E-state index in [0.29, 0.717) is 134 Å². The predicted octanol–water partition coefficient (Wildman–Crippen LogP) is 15.4. The number of thiazole rings is 2. The number of aldehydes is 1. The first-order valence-corrected chi connectivity index (χ1v) is 32.1. The number of likely N-dealkylation sites (N-methyl/N-ethyl adjacent to an activating group) is 1. The van der Waals surface area contributed by atoms with E-state index in [9.17, 15) is 41.1 Å². The number of alkyl halides is 5. The molecule has 1 amide bonds. The van der Waals surface area contributed by atoms with Crippen LogP contribution in [0.4, 0.5) is 22.0 Å². The molecule has 88 heavy (non-hydrogen) atoms. The lowest BCUT2D eigenvalue weighted by Gasteiger charge is -2.29. The second-order valence-corrected chi connectivity index (χ2v) is 24.5. The van der Waals surface area contributed by atoms with Crippen molar-refractivity contribution in [2.45, 2.75) is 93.7 Å². The van der Waals surface area contributed by atoms with Gasteiger partial charge < -0.3 is 20.4 Å². The van der Waals surface area contributed by atoms with Crippen molar-refractivity contribution in [2.75, 3.05) is 59.4 Å². The number of halogens is 7. The molecule has 10 rings (SSSR count). The normalized spacial score (nSPS) is 13.6. The zero-order valence-corrected chi connectivity index (χ0v) is 54.1. The van der Waals surface area contributed by atoms with Crippen LogP contribution in [0.5, 0.6) is 0 Å². The van der Waals surface area contributed by atoms with Crippen LogP contribution in [-0.2, 0) is 31.9 Å². The van der Waals surface area contributed by atoms with Crippen molar-refractivity contribution < 1.29 is 31.5 Å². The molecule has 0 saturated carbocycles. The fourth-order valence-corrected chi connectivity index (χ4v) is 12.2. The molecule has 0 atom stereocenters. The number of amides is 1. The molecule has 6 heterocycles. The van der Waals surface area contributed by atoms with E-state index in [1.54, 1.807) is 68.4 Å². The molecule has 0 aliphatic carbocycles. The number of benzene rings is 4. The van der Waals surface area contributed by atoms with E-state index >= 15 is 0 Å². The summed E-state index contributed by atoms with van der Waals surface area (Å²) in [6.45, 7) is 23.4. The van der Waals surface area contributed by atoms with Crippen molar-refractivity contribution in [1.29, 1.82) is 0 Å². The van der Waals surface area contributed by atoms with Gasteiger partial charge in [0.25, 0.3) is 23.5 Å².